The van der Waals surface area contributed by atoms with Crippen LogP contribution in [0, 0.1) is 0 Å². The molecule has 2 bridgehead atoms. The number of alkyl halides is 3. The molecule has 5 amide bonds. The highest BCUT2D eigenvalue weighted by Crippen LogP contribution is 2.29. The Morgan fingerprint density at radius 1 is 0.632 bits per heavy atom. The Kier molecular flexibility index (Phi) is 13.8. The van der Waals surface area contributed by atoms with Crippen LogP contribution >= 0.6 is 11.3 Å². The Bertz CT molecular complexity index is 2050. The predicted molar refractivity (Wildman–Crippen MR) is 199 cm³/mol. The summed E-state index contributed by atoms with van der Waals surface area (Å²) in [5.74, 6) is -6.82. The lowest BCUT2D eigenvalue weighted by Gasteiger charge is -2.27. The minimum Gasteiger partial charge on any atom is -0.480 e. The summed E-state index contributed by atoms with van der Waals surface area (Å²) >= 11 is 1.21. The number of carboxylic acids is 1. The van der Waals surface area contributed by atoms with Gasteiger partial charge in [-0.05, 0) is 52.4 Å². The molecule has 6 rings (SSSR count). The Morgan fingerprint density at radius 3 is 1.70 bits per heavy atom. The van der Waals surface area contributed by atoms with Crippen LogP contribution < -0.4 is 26.6 Å². The topological polar surface area (TPSA) is 223 Å². The molecule has 57 heavy (non-hydrogen) atoms. The van der Waals surface area contributed by atoms with Crippen molar-refractivity contribution >= 4 is 52.5 Å². The number of aliphatic carboxylic acids is 1. The van der Waals surface area contributed by atoms with Crippen molar-refractivity contribution in [2.45, 2.75) is 68.2 Å². The van der Waals surface area contributed by atoms with E-state index in [0.717, 1.165) is 24.3 Å². The second kappa shape index (κ2) is 18.7. The minimum absolute atomic E-state index is 0.108. The molecule has 4 aromatic rings. The van der Waals surface area contributed by atoms with Crippen LogP contribution in [0.3, 0.4) is 0 Å². The average molecular weight is 810 g/mol. The van der Waals surface area contributed by atoms with Gasteiger partial charge in [0.1, 0.15) is 24.2 Å². The van der Waals surface area contributed by atoms with Gasteiger partial charge in [-0.15, -0.1) is 11.3 Å². The minimum atomic E-state index is -4.66. The van der Waals surface area contributed by atoms with Gasteiger partial charge in [0.2, 0.25) is 17.7 Å². The van der Waals surface area contributed by atoms with E-state index in [4.69, 9.17) is 0 Å². The molecule has 8 N–H and O–H groups in total. The number of carboxylic acid groups (broad SMARTS) is 1. The molecule has 2 aliphatic heterocycles. The Balaban J connectivity index is 1.54. The number of amides is 5. The summed E-state index contributed by atoms with van der Waals surface area (Å²) in [6, 6.07) is 15.0. The third kappa shape index (κ3) is 11.7. The van der Waals surface area contributed by atoms with E-state index in [-0.39, 0.29) is 30.5 Å². The molecule has 0 saturated heterocycles. The fraction of sp³-hybridized carbons (Fsp3) is 0.282. The zero-order valence-electron chi connectivity index (χ0n) is 29.9. The van der Waals surface area contributed by atoms with E-state index < -0.39 is 90.0 Å². The molecular weight excluding hydrogens is 772 g/mol. The molecule has 0 fully saturated rings. The number of thiophene rings is 1. The van der Waals surface area contributed by atoms with Gasteiger partial charge in [0, 0.05) is 36.2 Å². The van der Waals surface area contributed by atoms with Crippen LogP contribution in [-0.2, 0) is 60.6 Å². The van der Waals surface area contributed by atoms with Crippen LogP contribution in [0.1, 0.15) is 27.1 Å². The van der Waals surface area contributed by atoms with Crippen LogP contribution in [0.15, 0.2) is 96.4 Å². The fourth-order valence-corrected chi connectivity index (χ4v) is 6.66. The number of aliphatic hydroxyl groups excluding tert-OH is 2. The molecule has 0 spiro atoms. The molecule has 0 aliphatic carbocycles. The highest BCUT2D eigenvalue weighted by Gasteiger charge is 2.36. The van der Waals surface area contributed by atoms with E-state index in [2.05, 4.69) is 26.6 Å². The molecule has 1 aromatic heterocycles. The summed E-state index contributed by atoms with van der Waals surface area (Å²) < 4.78 is 40.1. The van der Waals surface area contributed by atoms with Crippen molar-refractivity contribution in [1.29, 1.82) is 0 Å². The molecule has 14 nitrogen and oxygen atoms in total. The van der Waals surface area contributed by atoms with Crippen molar-refractivity contribution in [1.82, 2.24) is 21.3 Å². The number of halogens is 3. The number of benzene rings is 3. The molecule has 2 aliphatic rings. The molecule has 6 atom stereocenters. The van der Waals surface area contributed by atoms with Gasteiger partial charge in [-0.2, -0.15) is 13.2 Å². The van der Waals surface area contributed by atoms with E-state index in [9.17, 15) is 57.3 Å². The van der Waals surface area contributed by atoms with Crippen LogP contribution in [0.25, 0.3) is 0 Å². The van der Waals surface area contributed by atoms with E-state index in [1.165, 1.54) is 35.6 Å². The SMILES string of the molecule is O=C(O)[C@@H]1Cc2ccc(cc2)NC(=O)[C@H](O)[C@@H](O)C(=O)N[C@H](Cc2cccs2)C(=O)N[C@@H](Cc2ccc(C(F)(F)F)cc2)C(=O)N[C@H](Cc2ccccc2)C(=O)N1. The molecule has 0 unspecified atom stereocenters. The highest BCUT2D eigenvalue weighted by molar-refractivity contribution is 7.09. The number of hydrogen-bond acceptors (Lipinski definition) is 9. The predicted octanol–water partition coefficient (Wildman–Crippen LogP) is 1.74. The van der Waals surface area contributed by atoms with Crippen LogP contribution in [0.2, 0.25) is 0 Å². The lowest BCUT2D eigenvalue weighted by molar-refractivity contribution is -0.145. The quantitative estimate of drug-likeness (QED) is 0.127. The summed E-state index contributed by atoms with van der Waals surface area (Å²) in [7, 11) is 0. The van der Waals surface area contributed by atoms with E-state index in [0.29, 0.717) is 16.0 Å². The van der Waals surface area contributed by atoms with Crippen LogP contribution in [-0.4, -0.2) is 87.2 Å². The first-order valence-corrected chi connectivity index (χ1v) is 18.4. The second-order valence-corrected chi connectivity index (χ2v) is 14.3. The van der Waals surface area contributed by atoms with Gasteiger partial charge in [0.05, 0.1) is 5.56 Å². The zero-order valence-corrected chi connectivity index (χ0v) is 30.7. The smallest absolute Gasteiger partial charge is 0.416 e. The molecule has 300 valence electrons. The monoisotopic (exact) mass is 809 g/mol. The molecular formula is C39H38F3N5O9S. The maximum atomic E-state index is 14.2. The third-order valence-corrected chi connectivity index (χ3v) is 9.90. The van der Waals surface area contributed by atoms with Gasteiger partial charge < -0.3 is 41.9 Å². The number of aliphatic hydroxyl groups is 2. The van der Waals surface area contributed by atoms with Crippen molar-refractivity contribution in [2.75, 3.05) is 5.32 Å². The molecule has 18 heteroatoms. The Morgan fingerprint density at radius 2 is 1.16 bits per heavy atom. The second-order valence-electron chi connectivity index (χ2n) is 13.2. The fourth-order valence-electron chi connectivity index (χ4n) is 5.91. The van der Waals surface area contributed by atoms with Gasteiger partial charge in [0.25, 0.3) is 11.8 Å². The number of nitrogens with one attached hydrogen (secondary N) is 5. The molecule has 3 aromatic carbocycles. The number of hydrogen-bond donors (Lipinski definition) is 8. The largest absolute Gasteiger partial charge is 0.480 e. The van der Waals surface area contributed by atoms with Gasteiger partial charge in [0.15, 0.2) is 12.2 Å². The summed E-state index contributed by atoms with van der Waals surface area (Å²) in [5, 5.41) is 45.2. The zero-order chi connectivity index (χ0) is 41.3. The molecule has 0 saturated carbocycles. The van der Waals surface area contributed by atoms with Crippen LogP contribution in [0.5, 0.6) is 0 Å². The normalized spacial score (nSPS) is 22.9. The molecule has 3 heterocycles. The van der Waals surface area contributed by atoms with Gasteiger partial charge in [-0.25, -0.2) is 4.79 Å². The lowest BCUT2D eigenvalue weighted by atomic mass is 10.00. The van der Waals surface area contributed by atoms with Crippen molar-refractivity contribution in [3.63, 3.8) is 0 Å². The Labute approximate surface area is 327 Å². The first-order chi connectivity index (χ1) is 27.1. The maximum Gasteiger partial charge on any atom is 0.416 e. The Hall–Kier alpha value is -6.11. The van der Waals surface area contributed by atoms with E-state index in [1.807, 2.05) is 0 Å². The summed E-state index contributed by atoms with van der Waals surface area (Å²) in [4.78, 5) is 81.0. The van der Waals surface area contributed by atoms with Gasteiger partial charge in [-0.3, -0.25) is 24.0 Å². The van der Waals surface area contributed by atoms with E-state index >= 15 is 0 Å². The summed E-state index contributed by atoms with van der Waals surface area (Å²) in [6.07, 6.45) is -10.4. The average Bonchev–Trinajstić information content (AvgIpc) is 3.70. The van der Waals surface area contributed by atoms with Crippen molar-refractivity contribution in [3.8, 4) is 0 Å². The number of anilines is 1. The first-order valence-electron chi connectivity index (χ1n) is 17.5. The van der Waals surface area contributed by atoms with Crippen LogP contribution in [0.4, 0.5) is 18.9 Å². The molecule has 0 radical (unpaired) electrons. The summed E-state index contributed by atoms with van der Waals surface area (Å²) in [5.41, 5.74) is 0.264. The third-order valence-electron chi connectivity index (χ3n) is 9.00. The van der Waals surface area contributed by atoms with Crippen molar-refractivity contribution < 1.29 is 57.3 Å². The number of carbonyl (C=O) groups excluding carboxylic acids is 5. The van der Waals surface area contributed by atoms with Crippen molar-refractivity contribution in [3.05, 3.63) is 124 Å². The number of fused-ring (bicyclic) bond motifs is 18. The standard InChI is InChI=1S/C39H38F3N5O9S/c40-39(41,42)24-12-8-22(9-13-24)18-28-33(50)44-27(17-21-5-2-1-3-6-21)34(51)47-30(38(55)56)19-23-10-14-25(15-11-23)43-36(53)31(48)32(49)37(54)46-29(35(52)45-28)20-26-7-4-16-57-26/h1-16,27-32,48-49H,17-20H2,(H,43,53)(H,44,50)(H,45,52)(H,46,54)(H,47,51)(H,55,56)/t27-,28+,29-,30+,31-,32-/m1/s1. The number of rotatable bonds is 7. The summed E-state index contributed by atoms with van der Waals surface area (Å²) in [6.45, 7) is 0. The maximum absolute atomic E-state index is 14.2. The highest BCUT2D eigenvalue weighted by atomic mass is 32.1. The van der Waals surface area contributed by atoms with Gasteiger partial charge in [-0.1, -0.05) is 60.7 Å². The van der Waals surface area contributed by atoms with Crippen molar-refractivity contribution in [2.24, 2.45) is 0 Å². The number of carbonyl (C=O) groups is 6. The lowest BCUT2D eigenvalue weighted by Crippen LogP contribution is -2.60. The first kappa shape index (κ1) is 42.0. The van der Waals surface area contributed by atoms with E-state index in [1.54, 1.807) is 47.8 Å². The van der Waals surface area contributed by atoms with Gasteiger partial charge >= 0.3 is 12.1 Å².